The van der Waals surface area contributed by atoms with Gasteiger partial charge in [-0.05, 0) is 51.5 Å². The molecule has 8 heteroatoms. The van der Waals surface area contributed by atoms with Crippen molar-refractivity contribution in [3.8, 4) is 0 Å². The summed E-state index contributed by atoms with van der Waals surface area (Å²) in [6.07, 6.45) is 2.16. The van der Waals surface area contributed by atoms with Gasteiger partial charge in [0.25, 0.3) is 0 Å². The molecule has 3 atom stereocenters. The first-order valence-electron chi connectivity index (χ1n) is 10.9. The number of ether oxygens (including phenoxy) is 3. The Balaban J connectivity index is 1.46. The number of benzene rings is 1. The number of para-hydroxylation sites is 2. The predicted octanol–water partition coefficient (Wildman–Crippen LogP) is 5.50. The molecule has 0 aliphatic carbocycles. The van der Waals surface area contributed by atoms with Crippen LogP contribution in [0.2, 0.25) is 0 Å². The highest BCUT2D eigenvalue weighted by Crippen LogP contribution is 2.29. The van der Waals surface area contributed by atoms with Gasteiger partial charge in [0.1, 0.15) is 0 Å². The zero-order valence-corrected chi connectivity index (χ0v) is 21.1. The van der Waals surface area contributed by atoms with E-state index in [-0.39, 0.29) is 18.3 Å². The van der Waals surface area contributed by atoms with Crippen molar-refractivity contribution in [2.24, 2.45) is 0 Å². The standard InChI is InChI=1S/C24H33N3O3S2/c1-16(28-5)12-29-17(2)13-30-18(3)14-31-23-10-11-25-22(19(23)4)15-32-24-26-20-8-6-7-9-21(20)27-24/h6-11,16-18H,12-15H2,1-5H3,(H,26,27). The molecule has 6 nitrogen and oxygen atoms in total. The lowest BCUT2D eigenvalue weighted by atomic mass is 10.2. The maximum absolute atomic E-state index is 5.98. The molecular weight excluding hydrogens is 442 g/mol. The summed E-state index contributed by atoms with van der Waals surface area (Å²) in [6, 6.07) is 10.2. The van der Waals surface area contributed by atoms with Crippen LogP contribution in [0.15, 0.2) is 46.6 Å². The highest BCUT2D eigenvalue weighted by molar-refractivity contribution is 7.99. The number of rotatable bonds is 13. The number of imidazole rings is 1. The third-order valence-electron chi connectivity index (χ3n) is 5.08. The molecule has 0 radical (unpaired) electrons. The van der Waals surface area contributed by atoms with Crippen molar-refractivity contribution in [3.05, 3.63) is 47.8 Å². The first-order chi connectivity index (χ1) is 15.5. The van der Waals surface area contributed by atoms with Gasteiger partial charge < -0.3 is 19.2 Å². The molecule has 1 aromatic carbocycles. The SMILES string of the molecule is COC(C)COC(C)COC(C)CSc1ccnc(CSc2nc3ccccc3[nH]2)c1C. The van der Waals surface area contributed by atoms with E-state index in [1.54, 1.807) is 18.9 Å². The number of nitrogens with one attached hydrogen (secondary N) is 1. The summed E-state index contributed by atoms with van der Waals surface area (Å²) in [5.74, 6) is 1.66. The maximum atomic E-state index is 5.98. The van der Waals surface area contributed by atoms with Gasteiger partial charge in [-0.25, -0.2) is 4.98 Å². The van der Waals surface area contributed by atoms with E-state index >= 15 is 0 Å². The Bertz CT molecular complexity index is 949. The molecule has 0 saturated heterocycles. The number of fused-ring (bicyclic) bond motifs is 1. The fourth-order valence-electron chi connectivity index (χ4n) is 2.97. The molecule has 174 valence electrons. The van der Waals surface area contributed by atoms with Crippen molar-refractivity contribution in [2.75, 3.05) is 26.1 Å². The van der Waals surface area contributed by atoms with E-state index in [0.29, 0.717) is 13.2 Å². The second-order valence-electron chi connectivity index (χ2n) is 7.87. The molecule has 0 aliphatic heterocycles. The average molecular weight is 476 g/mol. The first kappa shape index (κ1) is 25.1. The van der Waals surface area contributed by atoms with Crippen LogP contribution in [0.4, 0.5) is 0 Å². The highest BCUT2D eigenvalue weighted by atomic mass is 32.2. The minimum atomic E-state index is 0.0459. The normalized spacial score (nSPS) is 14.5. The Morgan fingerprint density at radius 3 is 2.50 bits per heavy atom. The predicted molar refractivity (Wildman–Crippen MR) is 133 cm³/mol. The van der Waals surface area contributed by atoms with E-state index in [1.807, 2.05) is 56.1 Å². The van der Waals surface area contributed by atoms with Gasteiger partial charge in [0, 0.05) is 29.7 Å². The molecule has 0 bridgehead atoms. The van der Waals surface area contributed by atoms with Crippen LogP contribution in [-0.2, 0) is 20.0 Å². The molecular formula is C24H33N3O3S2. The number of aromatic amines is 1. The van der Waals surface area contributed by atoms with Gasteiger partial charge in [-0.15, -0.1) is 11.8 Å². The number of thioether (sulfide) groups is 2. The van der Waals surface area contributed by atoms with E-state index in [0.717, 1.165) is 33.4 Å². The fraction of sp³-hybridized carbons (Fsp3) is 0.500. The third-order valence-corrected chi connectivity index (χ3v) is 7.35. The number of H-pyrrole nitrogens is 1. The highest BCUT2D eigenvalue weighted by Gasteiger charge is 2.12. The minimum absolute atomic E-state index is 0.0459. The van der Waals surface area contributed by atoms with Gasteiger partial charge in [-0.2, -0.15) is 0 Å². The Morgan fingerprint density at radius 2 is 1.72 bits per heavy atom. The van der Waals surface area contributed by atoms with Crippen LogP contribution in [0.1, 0.15) is 32.0 Å². The van der Waals surface area contributed by atoms with Crippen LogP contribution in [0.25, 0.3) is 11.0 Å². The lowest BCUT2D eigenvalue weighted by Crippen LogP contribution is -2.25. The molecule has 1 N–H and O–H groups in total. The number of pyridine rings is 1. The first-order valence-corrected chi connectivity index (χ1v) is 12.8. The van der Waals surface area contributed by atoms with Crippen molar-refractivity contribution in [3.63, 3.8) is 0 Å². The molecule has 2 heterocycles. The minimum Gasteiger partial charge on any atom is -0.379 e. The van der Waals surface area contributed by atoms with E-state index in [9.17, 15) is 0 Å². The van der Waals surface area contributed by atoms with Gasteiger partial charge >= 0.3 is 0 Å². The zero-order chi connectivity index (χ0) is 22.9. The molecule has 3 unspecified atom stereocenters. The number of hydrogen-bond acceptors (Lipinski definition) is 7. The molecule has 0 spiro atoms. The fourth-order valence-corrected chi connectivity index (χ4v) is 4.88. The van der Waals surface area contributed by atoms with Crippen LogP contribution in [0.5, 0.6) is 0 Å². The summed E-state index contributed by atoms with van der Waals surface area (Å²) in [6.45, 7) is 9.42. The van der Waals surface area contributed by atoms with Crippen molar-refractivity contribution in [1.29, 1.82) is 0 Å². The van der Waals surface area contributed by atoms with Crippen LogP contribution >= 0.6 is 23.5 Å². The molecule has 0 saturated carbocycles. The monoisotopic (exact) mass is 475 g/mol. The molecule has 0 aliphatic rings. The summed E-state index contributed by atoms with van der Waals surface area (Å²) in [4.78, 5) is 13.9. The van der Waals surface area contributed by atoms with Gasteiger partial charge in [-0.1, -0.05) is 23.9 Å². The van der Waals surface area contributed by atoms with E-state index in [2.05, 4.69) is 34.9 Å². The van der Waals surface area contributed by atoms with Gasteiger partial charge in [0.15, 0.2) is 5.16 Å². The van der Waals surface area contributed by atoms with Crippen LogP contribution < -0.4 is 0 Å². The Morgan fingerprint density at radius 1 is 0.969 bits per heavy atom. The number of hydrogen-bond donors (Lipinski definition) is 1. The topological polar surface area (TPSA) is 69.3 Å². The Hall–Kier alpha value is -1.58. The summed E-state index contributed by atoms with van der Waals surface area (Å²) >= 11 is 3.49. The number of methoxy groups -OCH3 is 1. The third kappa shape index (κ3) is 7.49. The van der Waals surface area contributed by atoms with Gasteiger partial charge in [0.05, 0.1) is 48.3 Å². The van der Waals surface area contributed by atoms with E-state index in [4.69, 9.17) is 14.2 Å². The molecule has 2 aromatic heterocycles. The summed E-state index contributed by atoms with van der Waals surface area (Å²) < 4.78 is 16.9. The maximum Gasteiger partial charge on any atom is 0.166 e. The van der Waals surface area contributed by atoms with Crippen LogP contribution in [-0.4, -0.2) is 59.3 Å². The average Bonchev–Trinajstić information content (AvgIpc) is 3.22. The molecule has 32 heavy (non-hydrogen) atoms. The number of aromatic nitrogens is 3. The second kappa shape index (κ2) is 12.6. The quantitative estimate of drug-likeness (QED) is 0.328. The van der Waals surface area contributed by atoms with Crippen molar-refractivity contribution < 1.29 is 14.2 Å². The summed E-state index contributed by atoms with van der Waals surface area (Å²) in [5, 5.41) is 0.920. The number of nitrogens with zero attached hydrogens (tertiary/aromatic N) is 2. The van der Waals surface area contributed by atoms with Crippen LogP contribution in [0, 0.1) is 6.92 Å². The van der Waals surface area contributed by atoms with Crippen LogP contribution in [0.3, 0.4) is 0 Å². The van der Waals surface area contributed by atoms with Gasteiger partial charge in [-0.3, -0.25) is 4.98 Å². The summed E-state index contributed by atoms with van der Waals surface area (Å²) in [5.41, 5.74) is 4.36. The van der Waals surface area contributed by atoms with Gasteiger partial charge in [0.2, 0.25) is 0 Å². The zero-order valence-electron chi connectivity index (χ0n) is 19.5. The van der Waals surface area contributed by atoms with E-state index in [1.165, 1.54) is 10.5 Å². The second-order valence-corrected chi connectivity index (χ2v) is 9.90. The van der Waals surface area contributed by atoms with Crippen molar-refractivity contribution in [1.82, 2.24) is 15.0 Å². The summed E-state index contributed by atoms with van der Waals surface area (Å²) in [7, 11) is 1.69. The van der Waals surface area contributed by atoms with E-state index < -0.39 is 0 Å². The Kier molecular flexibility index (Phi) is 9.87. The molecule has 0 amide bonds. The van der Waals surface area contributed by atoms with Crippen molar-refractivity contribution >= 4 is 34.6 Å². The Labute approximate surface area is 199 Å². The molecule has 0 fully saturated rings. The largest absolute Gasteiger partial charge is 0.379 e. The lowest BCUT2D eigenvalue weighted by Gasteiger charge is -2.19. The lowest BCUT2D eigenvalue weighted by molar-refractivity contribution is -0.0563. The molecule has 3 aromatic rings. The smallest absolute Gasteiger partial charge is 0.166 e. The molecule has 3 rings (SSSR count). The van der Waals surface area contributed by atoms with Crippen molar-refractivity contribution in [2.45, 2.75) is 61.8 Å².